The minimum Gasteiger partial charge on any atom is -0.444 e. The van der Waals surface area contributed by atoms with Crippen molar-refractivity contribution in [2.45, 2.75) is 96.6 Å². The van der Waals surface area contributed by atoms with E-state index in [2.05, 4.69) is 6.08 Å². The number of nitrogens with zero attached hydrogens (tertiary/aromatic N) is 1. The Morgan fingerprint density at radius 1 is 1.33 bits per heavy atom. The van der Waals surface area contributed by atoms with Crippen molar-refractivity contribution < 1.29 is 19.4 Å². The number of carbonyl (C=O) groups is 1. The van der Waals surface area contributed by atoms with Crippen LogP contribution in [0.1, 0.15) is 73.1 Å². The summed E-state index contributed by atoms with van der Waals surface area (Å²) in [6.45, 7) is 9.55. The molecule has 2 atom stereocenters. The molecule has 1 amide bonds. The molecule has 1 heterocycles. The first-order chi connectivity index (χ1) is 11.1. The van der Waals surface area contributed by atoms with Crippen LogP contribution in [0.3, 0.4) is 0 Å². The topological polar surface area (TPSA) is 59.0 Å². The van der Waals surface area contributed by atoms with E-state index in [0.29, 0.717) is 6.61 Å². The van der Waals surface area contributed by atoms with E-state index in [1.807, 2.05) is 34.6 Å². The Morgan fingerprint density at radius 2 is 2.00 bits per heavy atom. The summed E-state index contributed by atoms with van der Waals surface area (Å²) in [5.41, 5.74) is -0.324. The molecule has 0 bridgehead atoms. The summed E-state index contributed by atoms with van der Waals surface area (Å²) in [5, 5.41) is 10.9. The van der Waals surface area contributed by atoms with Crippen LogP contribution in [0.5, 0.6) is 0 Å². The van der Waals surface area contributed by atoms with Crippen molar-refractivity contribution in [1.82, 2.24) is 4.90 Å². The number of allylic oxidation sites excluding steroid dienone is 1. The third-order valence-electron chi connectivity index (χ3n) is 4.68. The van der Waals surface area contributed by atoms with Crippen LogP contribution >= 0.6 is 0 Å². The largest absolute Gasteiger partial charge is 0.444 e. The van der Waals surface area contributed by atoms with Gasteiger partial charge >= 0.3 is 6.09 Å². The summed E-state index contributed by atoms with van der Waals surface area (Å²) in [4.78, 5) is 14.3. The monoisotopic (exact) mass is 339 g/mol. The number of aliphatic hydroxyl groups excluding tert-OH is 1. The zero-order valence-electron chi connectivity index (χ0n) is 15.8. The Morgan fingerprint density at radius 3 is 2.67 bits per heavy atom. The average molecular weight is 339 g/mol. The van der Waals surface area contributed by atoms with Gasteiger partial charge in [-0.25, -0.2) is 4.79 Å². The van der Waals surface area contributed by atoms with Crippen molar-refractivity contribution in [3.63, 3.8) is 0 Å². The van der Waals surface area contributed by atoms with Crippen LogP contribution in [-0.2, 0) is 9.47 Å². The third kappa shape index (κ3) is 4.73. The molecule has 1 N–H and O–H groups in total. The highest BCUT2D eigenvalue weighted by molar-refractivity contribution is 5.70. The first-order valence-electron chi connectivity index (χ1n) is 9.15. The van der Waals surface area contributed by atoms with Crippen LogP contribution in [0.4, 0.5) is 4.79 Å². The lowest BCUT2D eigenvalue weighted by Crippen LogP contribution is -2.53. The minimum atomic E-state index is -0.782. The van der Waals surface area contributed by atoms with Crippen molar-refractivity contribution in [2.75, 3.05) is 6.61 Å². The summed E-state index contributed by atoms with van der Waals surface area (Å²) >= 11 is 0. The lowest BCUT2D eigenvalue weighted by molar-refractivity contribution is -0.0665. The predicted molar refractivity (Wildman–Crippen MR) is 93.7 cm³/mol. The van der Waals surface area contributed by atoms with Gasteiger partial charge in [0.1, 0.15) is 11.3 Å². The molecule has 0 aromatic carbocycles. The van der Waals surface area contributed by atoms with E-state index in [4.69, 9.17) is 9.47 Å². The number of carbonyl (C=O) groups excluding carboxylic acids is 1. The number of hydrogen-bond acceptors (Lipinski definition) is 4. The van der Waals surface area contributed by atoms with Crippen LogP contribution in [0.15, 0.2) is 11.6 Å². The second-order valence-corrected chi connectivity index (χ2v) is 8.35. The molecule has 5 nitrogen and oxygen atoms in total. The fourth-order valence-corrected chi connectivity index (χ4v) is 3.46. The maximum atomic E-state index is 12.7. The summed E-state index contributed by atoms with van der Waals surface area (Å²) in [7, 11) is 0. The zero-order valence-corrected chi connectivity index (χ0v) is 15.8. The Kier molecular flexibility index (Phi) is 5.97. The predicted octanol–water partition coefficient (Wildman–Crippen LogP) is 4.00. The fraction of sp³-hybridized carbons (Fsp3) is 0.842. The molecule has 1 unspecified atom stereocenters. The van der Waals surface area contributed by atoms with E-state index in [1.165, 1.54) is 19.3 Å². The minimum absolute atomic E-state index is 0.324. The molecule has 0 spiro atoms. The standard InChI is InChI=1S/C19H33NO4/c1-18(2,3)24-17(22)20-15(13-23-19(20,4)5)16(21)14-11-9-7-6-8-10-12-14/h11,15-16,21H,6-10,12-13H2,1-5H3/t15?,16-/m1/s1. The maximum Gasteiger partial charge on any atom is 0.413 e. The number of rotatable bonds is 2. The van der Waals surface area contributed by atoms with Gasteiger partial charge in [-0.2, -0.15) is 0 Å². The van der Waals surface area contributed by atoms with Gasteiger partial charge in [0, 0.05) is 0 Å². The van der Waals surface area contributed by atoms with E-state index < -0.39 is 29.6 Å². The van der Waals surface area contributed by atoms with Crippen molar-refractivity contribution in [3.05, 3.63) is 11.6 Å². The molecule has 0 aromatic rings. The molecule has 138 valence electrons. The molecule has 0 saturated carbocycles. The van der Waals surface area contributed by atoms with E-state index in [0.717, 1.165) is 24.8 Å². The van der Waals surface area contributed by atoms with Crippen LogP contribution < -0.4 is 0 Å². The number of ether oxygens (including phenoxy) is 2. The van der Waals surface area contributed by atoms with E-state index in [1.54, 1.807) is 4.90 Å². The molecule has 0 radical (unpaired) electrons. The summed E-state index contributed by atoms with van der Waals surface area (Å²) in [6, 6.07) is -0.402. The fourth-order valence-electron chi connectivity index (χ4n) is 3.46. The molecular formula is C19H33NO4. The molecule has 1 saturated heterocycles. The van der Waals surface area contributed by atoms with Crippen molar-refractivity contribution >= 4 is 6.09 Å². The van der Waals surface area contributed by atoms with Gasteiger partial charge in [-0.3, -0.25) is 4.90 Å². The van der Waals surface area contributed by atoms with Gasteiger partial charge in [0.25, 0.3) is 0 Å². The Hall–Kier alpha value is -1.07. The zero-order chi connectivity index (χ0) is 18.0. The molecule has 1 aliphatic carbocycles. The van der Waals surface area contributed by atoms with Crippen molar-refractivity contribution in [3.8, 4) is 0 Å². The smallest absolute Gasteiger partial charge is 0.413 e. The van der Waals surface area contributed by atoms with Gasteiger partial charge < -0.3 is 14.6 Å². The SMILES string of the molecule is CC(C)(C)OC(=O)N1C([C@H](O)C2=CCCCCCC2)COC1(C)C. The van der Waals surface area contributed by atoms with Gasteiger partial charge in [0.2, 0.25) is 0 Å². The lowest BCUT2D eigenvalue weighted by atomic mass is 9.92. The Labute approximate surface area is 146 Å². The highest BCUT2D eigenvalue weighted by Gasteiger charge is 2.48. The molecule has 24 heavy (non-hydrogen) atoms. The number of amides is 1. The van der Waals surface area contributed by atoms with Gasteiger partial charge in [-0.05, 0) is 65.9 Å². The highest BCUT2D eigenvalue weighted by atomic mass is 16.6. The molecular weight excluding hydrogens is 306 g/mol. The van der Waals surface area contributed by atoms with Crippen molar-refractivity contribution in [1.29, 1.82) is 0 Å². The van der Waals surface area contributed by atoms with Gasteiger partial charge in [0.05, 0.1) is 18.8 Å². The van der Waals surface area contributed by atoms with Gasteiger partial charge in [0.15, 0.2) is 0 Å². The molecule has 1 fully saturated rings. The molecule has 1 aliphatic heterocycles. The second-order valence-electron chi connectivity index (χ2n) is 8.35. The summed E-state index contributed by atoms with van der Waals surface area (Å²) in [5.74, 6) is 0. The van der Waals surface area contributed by atoms with E-state index >= 15 is 0 Å². The second kappa shape index (κ2) is 7.44. The molecule has 5 heteroatoms. The summed E-state index contributed by atoms with van der Waals surface area (Å²) in [6.07, 6.45) is 7.62. The normalized spacial score (nSPS) is 26.3. The third-order valence-corrected chi connectivity index (χ3v) is 4.68. The van der Waals surface area contributed by atoms with Crippen LogP contribution in [0, 0.1) is 0 Å². The van der Waals surface area contributed by atoms with Crippen LogP contribution in [-0.4, -0.2) is 46.2 Å². The first kappa shape index (κ1) is 19.3. The van der Waals surface area contributed by atoms with Gasteiger partial charge in [-0.15, -0.1) is 0 Å². The number of aliphatic hydroxyl groups is 1. The molecule has 2 rings (SSSR count). The lowest BCUT2D eigenvalue weighted by Gasteiger charge is -2.37. The van der Waals surface area contributed by atoms with Crippen LogP contribution in [0.25, 0.3) is 0 Å². The Balaban J connectivity index is 2.18. The Bertz CT molecular complexity index is 478. The number of hydrogen-bond donors (Lipinski definition) is 1. The highest BCUT2D eigenvalue weighted by Crippen LogP contribution is 2.34. The van der Waals surface area contributed by atoms with Crippen molar-refractivity contribution in [2.24, 2.45) is 0 Å². The van der Waals surface area contributed by atoms with E-state index in [9.17, 15) is 9.90 Å². The first-order valence-corrected chi connectivity index (χ1v) is 9.15. The van der Waals surface area contributed by atoms with Gasteiger partial charge in [-0.1, -0.05) is 18.9 Å². The maximum absolute atomic E-state index is 12.7. The quantitative estimate of drug-likeness (QED) is 0.773. The van der Waals surface area contributed by atoms with E-state index in [-0.39, 0.29) is 0 Å². The molecule has 0 aromatic heterocycles. The van der Waals surface area contributed by atoms with Crippen LogP contribution in [0.2, 0.25) is 0 Å². The molecule has 2 aliphatic rings. The average Bonchev–Trinajstić information content (AvgIpc) is 2.71. The summed E-state index contributed by atoms with van der Waals surface area (Å²) < 4.78 is 11.4.